The summed E-state index contributed by atoms with van der Waals surface area (Å²) in [5.41, 5.74) is 0.271. The standard InChI is InChI=1S/C13H14BrN3O2/c14-9-3-4-11(18)10(8-9)13(19)17-5-1-2-12-15-6-7-16-12/h3-4,6-8,18H,1-2,5H2,(H,15,16)(H,17,19). The fourth-order valence-corrected chi connectivity index (χ4v) is 2.04. The fourth-order valence-electron chi connectivity index (χ4n) is 1.68. The Kier molecular flexibility index (Phi) is 4.57. The van der Waals surface area contributed by atoms with Gasteiger partial charge in [-0.2, -0.15) is 0 Å². The van der Waals surface area contributed by atoms with Crippen LogP contribution in [0.5, 0.6) is 5.75 Å². The van der Waals surface area contributed by atoms with Crippen molar-refractivity contribution in [3.63, 3.8) is 0 Å². The van der Waals surface area contributed by atoms with Crippen molar-refractivity contribution in [1.29, 1.82) is 0 Å². The van der Waals surface area contributed by atoms with Gasteiger partial charge in [0.2, 0.25) is 0 Å². The molecule has 5 nitrogen and oxygen atoms in total. The molecular formula is C13H14BrN3O2. The number of H-pyrrole nitrogens is 1. The largest absolute Gasteiger partial charge is 0.507 e. The summed E-state index contributed by atoms with van der Waals surface area (Å²) in [5.74, 6) is 0.601. The van der Waals surface area contributed by atoms with Crippen LogP contribution in [-0.2, 0) is 6.42 Å². The second kappa shape index (κ2) is 6.38. The van der Waals surface area contributed by atoms with E-state index in [0.29, 0.717) is 6.54 Å². The van der Waals surface area contributed by atoms with Crippen LogP contribution in [0.15, 0.2) is 35.1 Å². The summed E-state index contributed by atoms with van der Waals surface area (Å²) in [6.45, 7) is 0.533. The van der Waals surface area contributed by atoms with Gasteiger partial charge in [-0.1, -0.05) is 15.9 Å². The van der Waals surface area contributed by atoms with Crippen molar-refractivity contribution in [3.05, 3.63) is 46.5 Å². The van der Waals surface area contributed by atoms with E-state index in [2.05, 4.69) is 31.2 Å². The van der Waals surface area contributed by atoms with Crippen LogP contribution in [0.25, 0.3) is 0 Å². The lowest BCUT2D eigenvalue weighted by Gasteiger charge is -2.06. The maximum absolute atomic E-state index is 11.9. The second-order valence-corrected chi connectivity index (χ2v) is 4.97. The Morgan fingerprint density at radius 1 is 1.47 bits per heavy atom. The number of imidazole rings is 1. The van der Waals surface area contributed by atoms with Crippen LogP contribution in [0.4, 0.5) is 0 Å². The van der Waals surface area contributed by atoms with Gasteiger partial charge in [0, 0.05) is 29.8 Å². The van der Waals surface area contributed by atoms with E-state index in [-0.39, 0.29) is 17.2 Å². The minimum Gasteiger partial charge on any atom is -0.507 e. The van der Waals surface area contributed by atoms with Gasteiger partial charge in [-0.3, -0.25) is 4.79 Å². The summed E-state index contributed by atoms with van der Waals surface area (Å²) < 4.78 is 0.756. The number of aromatic hydroxyl groups is 1. The summed E-state index contributed by atoms with van der Waals surface area (Å²) >= 11 is 3.27. The average Bonchev–Trinajstić information content (AvgIpc) is 2.90. The van der Waals surface area contributed by atoms with Gasteiger partial charge in [0.05, 0.1) is 5.56 Å². The molecule has 0 fully saturated rings. The predicted molar refractivity (Wildman–Crippen MR) is 75.0 cm³/mol. The van der Waals surface area contributed by atoms with Crippen LogP contribution in [0.3, 0.4) is 0 Å². The zero-order valence-corrected chi connectivity index (χ0v) is 11.8. The zero-order chi connectivity index (χ0) is 13.7. The molecule has 1 heterocycles. The number of carbonyl (C=O) groups is 1. The minimum absolute atomic E-state index is 0.0215. The molecule has 0 aliphatic carbocycles. The molecule has 19 heavy (non-hydrogen) atoms. The normalized spacial score (nSPS) is 10.4. The number of aryl methyl sites for hydroxylation is 1. The molecule has 1 aromatic carbocycles. The van der Waals surface area contributed by atoms with Crippen molar-refractivity contribution in [3.8, 4) is 5.75 Å². The minimum atomic E-state index is -0.279. The molecule has 0 unspecified atom stereocenters. The molecular weight excluding hydrogens is 310 g/mol. The highest BCUT2D eigenvalue weighted by Crippen LogP contribution is 2.21. The number of hydrogen-bond donors (Lipinski definition) is 3. The number of benzene rings is 1. The van der Waals surface area contributed by atoms with Crippen molar-refractivity contribution in [2.75, 3.05) is 6.54 Å². The molecule has 3 N–H and O–H groups in total. The smallest absolute Gasteiger partial charge is 0.255 e. The van der Waals surface area contributed by atoms with E-state index in [9.17, 15) is 9.90 Å². The van der Waals surface area contributed by atoms with Crippen LogP contribution in [0.1, 0.15) is 22.6 Å². The second-order valence-electron chi connectivity index (χ2n) is 4.06. The highest BCUT2D eigenvalue weighted by Gasteiger charge is 2.10. The van der Waals surface area contributed by atoms with Gasteiger partial charge in [-0.25, -0.2) is 4.98 Å². The molecule has 0 saturated carbocycles. The number of phenols is 1. The number of nitrogens with one attached hydrogen (secondary N) is 2. The third kappa shape index (κ3) is 3.82. The van der Waals surface area contributed by atoms with Crippen molar-refractivity contribution in [2.45, 2.75) is 12.8 Å². The number of phenolic OH excluding ortho intramolecular Hbond substituents is 1. The molecule has 0 aliphatic rings. The summed E-state index contributed by atoms with van der Waals surface area (Å²) in [7, 11) is 0. The molecule has 6 heteroatoms. The average molecular weight is 324 g/mol. The molecule has 2 rings (SSSR count). The Hall–Kier alpha value is -1.82. The first-order valence-electron chi connectivity index (χ1n) is 5.92. The first kappa shape index (κ1) is 13.6. The van der Waals surface area contributed by atoms with E-state index in [1.165, 1.54) is 6.07 Å². The van der Waals surface area contributed by atoms with Crippen LogP contribution >= 0.6 is 15.9 Å². The number of rotatable bonds is 5. The van der Waals surface area contributed by atoms with Gasteiger partial charge in [0.1, 0.15) is 11.6 Å². The van der Waals surface area contributed by atoms with E-state index < -0.39 is 0 Å². The summed E-state index contributed by atoms with van der Waals surface area (Å²) in [4.78, 5) is 19.0. The lowest BCUT2D eigenvalue weighted by atomic mass is 10.2. The van der Waals surface area contributed by atoms with Gasteiger partial charge >= 0.3 is 0 Å². The Balaban J connectivity index is 1.82. The number of aromatic nitrogens is 2. The number of carbonyl (C=O) groups excluding carboxylic acids is 1. The molecule has 2 aromatic rings. The molecule has 100 valence electrons. The molecule has 1 aromatic heterocycles. The Bertz CT molecular complexity index is 555. The number of nitrogens with zero attached hydrogens (tertiary/aromatic N) is 1. The molecule has 0 radical (unpaired) electrons. The quantitative estimate of drug-likeness (QED) is 0.738. The highest BCUT2D eigenvalue weighted by atomic mass is 79.9. The maximum Gasteiger partial charge on any atom is 0.255 e. The van der Waals surface area contributed by atoms with Crippen LogP contribution in [0.2, 0.25) is 0 Å². The third-order valence-electron chi connectivity index (χ3n) is 2.63. The third-order valence-corrected chi connectivity index (χ3v) is 3.13. The van der Waals surface area contributed by atoms with Crippen LogP contribution in [-0.4, -0.2) is 27.5 Å². The van der Waals surface area contributed by atoms with Gasteiger partial charge in [-0.05, 0) is 24.6 Å². The SMILES string of the molecule is O=C(NCCCc1ncc[nH]1)c1cc(Br)ccc1O. The van der Waals surface area contributed by atoms with Crippen LogP contribution in [0, 0.1) is 0 Å². The van der Waals surface area contributed by atoms with E-state index in [0.717, 1.165) is 23.1 Å². The van der Waals surface area contributed by atoms with Gasteiger partial charge in [0.15, 0.2) is 0 Å². The number of amides is 1. The van der Waals surface area contributed by atoms with Gasteiger partial charge in [-0.15, -0.1) is 0 Å². The Labute approximate surface area is 119 Å². The number of hydrogen-bond acceptors (Lipinski definition) is 3. The van der Waals surface area contributed by atoms with E-state index >= 15 is 0 Å². The van der Waals surface area contributed by atoms with Gasteiger partial charge < -0.3 is 15.4 Å². The van der Waals surface area contributed by atoms with E-state index in [1.54, 1.807) is 24.5 Å². The van der Waals surface area contributed by atoms with E-state index in [1.807, 2.05) is 0 Å². The first-order valence-corrected chi connectivity index (χ1v) is 6.71. The molecule has 0 saturated heterocycles. The van der Waals surface area contributed by atoms with Crippen molar-refractivity contribution >= 4 is 21.8 Å². The fraction of sp³-hybridized carbons (Fsp3) is 0.231. The lowest BCUT2D eigenvalue weighted by Crippen LogP contribution is -2.24. The molecule has 1 amide bonds. The Morgan fingerprint density at radius 3 is 3.05 bits per heavy atom. The molecule has 0 bridgehead atoms. The number of halogens is 1. The Morgan fingerprint density at radius 2 is 2.32 bits per heavy atom. The summed E-state index contributed by atoms with van der Waals surface area (Å²) in [5, 5.41) is 12.4. The maximum atomic E-state index is 11.9. The highest BCUT2D eigenvalue weighted by molar-refractivity contribution is 9.10. The monoisotopic (exact) mass is 323 g/mol. The van der Waals surface area contributed by atoms with Crippen molar-refractivity contribution in [1.82, 2.24) is 15.3 Å². The lowest BCUT2D eigenvalue weighted by molar-refractivity contribution is 0.0950. The predicted octanol–water partition coefficient (Wildman–Crippen LogP) is 2.24. The molecule has 0 aliphatic heterocycles. The number of aromatic amines is 1. The van der Waals surface area contributed by atoms with Gasteiger partial charge in [0.25, 0.3) is 5.91 Å². The summed E-state index contributed by atoms with van der Waals surface area (Å²) in [6.07, 6.45) is 5.03. The van der Waals surface area contributed by atoms with Crippen molar-refractivity contribution in [2.24, 2.45) is 0 Å². The first-order chi connectivity index (χ1) is 9.16. The topological polar surface area (TPSA) is 78.0 Å². The van der Waals surface area contributed by atoms with Crippen LogP contribution < -0.4 is 5.32 Å². The molecule has 0 atom stereocenters. The zero-order valence-electron chi connectivity index (χ0n) is 10.2. The van der Waals surface area contributed by atoms with Crippen molar-refractivity contribution < 1.29 is 9.90 Å². The summed E-state index contributed by atoms with van der Waals surface area (Å²) in [6, 6.07) is 4.77. The molecule has 0 spiro atoms. The van der Waals surface area contributed by atoms with E-state index in [4.69, 9.17) is 0 Å².